The van der Waals surface area contributed by atoms with Gasteiger partial charge in [-0.3, -0.25) is 4.98 Å². The number of carbonyl (C=O) groups is 1. The van der Waals surface area contributed by atoms with Gasteiger partial charge in [0, 0.05) is 5.69 Å². The maximum absolute atomic E-state index is 11.2. The van der Waals surface area contributed by atoms with Crippen LogP contribution in [0.2, 0.25) is 0 Å². The normalized spacial score (nSPS) is 10.1. The molecule has 0 saturated carbocycles. The zero-order valence-electron chi connectivity index (χ0n) is 10.3. The highest BCUT2D eigenvalue weighted by molar-refractivity contribution is 5.88. The fraction of sp³-hybridized carbons (Fsp3) is 0.231. The van der Waals surface area contributed by atoms with Gasteiger partial charge in [0.1, 0.15) is 12.0 Å². The third-order valence-corrected chi connectivity index (χ3v) is 2.45. The topological polar surface area (TPSA) is 64.4 Å². The summed E-state index contributed by atoms with van der Waals surface area (Å²) < 4.78 is 9.85. The number of methoxy groups -OCH3 is 1. The van der Waals surface area contributed by atoms with Gasteiger partial charge >= 0.3 is 5.97 Å². The second-order valence-electron chi connectivity index (χ2n) is 3.84. The number of esters is 1. The summed E-state index contributed by atoms with van der Waals surface area (Å²) in [6.45, 7) is 2.42. The molecule has 0 spiro atoms. The number of nitrogens with zero attached hydrogens (tertiary/aromatic N) is 1. The van der Waals surface area contributed by atoms with Gasteiger partial charge in [0.25, 0.3) is 0 Å². The molecule has 2 heterocycles. The maximum Gasteiger partial charge on any atom is 0.341 e. The fourth-order valence-corrected chi connectivity index (χ4v) is 1.46. The zero-order valence-corrected chi connectivity index (χ0v) is 10.3. The molecule has 0 saturated heterocycles. The van der Waals surface area contributed by atoms with E-state index in [-0.39, 0.29) is 0 Å². The Morgan fingerprint density at radius 3 is 3.00 bits per heavy atom. The molecular formula is C13H14N2O3. The molecule has 0 amide bonds. The van der Waals surface area contributed by atoms with Gasteiger partial charge in [-0.1, -0.05) is 0 Å². The first-order valence-corrected chi connectivity index (χ1v) is 5.51. The fourth-order valence-electron chi connectivity index (χ4n) is 1.46. The molecule has 2 aromatic heterocycles. The van der Waals surface area contributed by atoms with E-state index in [1.54, 1.807) is 12.3 Å². The van der Waals surface area contributed by atoms with Crippen molar-refractivity contribution < 1.29 is 13.9 Å². The van der Waals surface area contributed by atoms with Crippen LogP contribution in [0.5, 0.6) is 0 Å². The Hall–Kier alpha value is -2.30. The number of ether oxygens (including phenoxy) is 1. The van der Waals surface area contributed by atoms with E-state index >= 15 is 0 Å². The van der Waals surface area contributed by atoms with Crippen LogP contribution in [-0.2, 0) is 11.3 Å². The number of aryl methyl sites for hydroxylation is 1. The van der Waals surface area contributed by atoms with Crippen molar-refractivity contribution in [1.29, 1.82) is 0 Å². The van der Waals surface area contributed by atoms with Gasteiger partial charge in [0.05, 0.1) is 31.1 Å². The van der Waals surface area contributed by atoms with E-state index in [9.17, 15) is 4.79 Å². The van der Waals surface area contributed by atoms with Gasteiger partial charge in [-0.25, -0.2) is 4.79 Å². The van der Waals surface area contributed by atoms with Crippen molar-refractivity contribution in [3.8, 4) is 0 Å². The van der Waals surface area contributed by atoms with Crippen molar-refractivity contribution in [3.05, 3.63) is 47.7 Å². The lowest BCUT2D eigenvalue weighted by atomic mass is 10.3. The van der Waals surface area contributed by atoms with Crippen LogP contribution in [0.3, 0.4) is 0 Å². The number of hydrogen-bond donors (Lipinski definition) is 1. The second-order valence-corrected chi connectivity index (χ2v) is 3.84. The van der Waals surface area contributed by atoms with Crippen molar-refractivity contribution in [2.24, 2.45) is 0 Å². The number of pyridine rings is 1. The van der Waals surface area contributed by atoms with E-state index in [1.807, 2.05) is 19.1 Å². The highest BCUT2D eigenvalue weighted by Crippen LogP contribution is 2.12. The quantitative estimate of drug-likeness (QED) is 0.839. The largest absolute Gasteiger partial charge is 0.467 e. The van der Waals surface area contributed by atoms with Crippen LogP contribution in [0.25, 0.3) is 0 Å². The Kier molecular flexibility index (Phi) is 3.62. The lowest BCUT2D eigenvalue weighted by Gasteiger charge is -2.03. The molecule has 18 heavy (non-hydrogen) atoms. The second kappa shape index (κ2) is 5.35. The van der Waals surface area contributed by atoms with Crippen LogP contribution in [0.1, 0.15) is 21.8 Å². The average Bonchev–Trinajstić information content (AvgIpc) is 2.86. The Balaban J connectivity index is 1.96. The van der Waals surface area contributed by atoms with Crippen LogP contribution in [-0.4, -0.2) is 18.1 Å². The number of furan rings is 1. The summed E-state index contributed by atoms with van der Waals surface area (Å²) in [6.07, 6.45) is 3.13. The van der Waals surface area contributed by atoms with Gasteiger partial charge in [0.15, 0.2) is 0 Å². The minimum absolute atomic E-state index is 0.401. The molecule has 0 aromatic carbocycles. The lowest BCUT2D eigenvalue weighted by Crippen LogP contribution is -2.00. The predicted octanol–water partition coefficient (Wildman–Crippen LogP) is 2.38. The summed E-state index contributed by atoms with van der Waals surface area (Å²) in [4.78, 5) is 15.4. The van der Waals surface area contributed by atoms with Crippen LogP contribution >= 0.6 is 0 Å². The Morgan fingerprint density at radius 1 is 1.50 bits per heavy atom. The molecule has 0 aliphatic carbocycles. The molecule has 0 unspecified atom stereocenters. The Morgan fingerprint density at radius 2 is 2.33 bits per heavy atom. The molecule has 94 valence electrons. The lowest BCUT2D eigenvalue weighted by molar-refractivity contribution is 0.0600. The molecule has 5 heteroatoms. The van der Waals surface area contributed by atoms with Crippen molar-refractivity contribution in [3.63, 3.8) is 0 Å². The maximum atomic E-state index is 11.2. The monoisotopic (exact) mass is 246 g/mol. The Labute approximate surface area is 105 Å². The highest BCUT2D eigenvalue weighted by atomic mass is 16.5. The molecule has 5 nitrogen and oxygen atoms in total. The molecule has 0 fully saturated rings. The van der Waals surface area contributed by atoms with Gasteiger partial charge in [0.2, 0.25) is 0 Å². The van der Waals surface area contributed by atoms with E-state index in [4.69, 9.17) is 4.42 Å². The Bertz CT molecular complexity index is 531. The molecule has 0 radical (unpaired) electrons. The number of hydrogen-bond acceptors (Lipinski definition) is 5. The number of aromatic nitrogens is 1. The zero-order chi connectivity index (χ0) is 13.0. The predicted molar refractivity (Wildman–Crippen MR) is 66.3 cm³/mol. The first-order valence-electron chi connectivity index (χ1n) is 5.51. The molecule has 0 aliphatic heterocycles. The molecule has 1 N–H and O–H groups in total. The van der Waals surface area contributed by atoms with E-state index in [0.29, 0.717) is 17.9 Å². The third kappa shape index (κ3) is 2.88. The van der Waals surface area contributed by atoms with Crippen molar-refractivity contribution in [2.45, 2.75) is 13.5 Å². The summed E-state index contributed by atoms with van der Waals surface area (Å²) >= 11 is 0. The SMILES string of the molecule is COC(=O)c1coc(CNc2ccc(C)nc2)c1. The van der Waals surface area contributed by atoms with Crippen molar-refractivity contribution in [1.82, 2.24) is 4.98 Å². The summed E-state index contributed by atoms with van der Waals surface area (Å²) in [5, 5.41) is 3.15. The average molecular weight is 246 g/mol. The smallest absolute Gasteiger partial charge is 0.341 e. The molecule has 0 atom stereocenters. The van der Waals surface area contributed by atoms with E-state index in [0.717, 1.165) is 11.4 Å². The molecular weight excluding hydrogens is 232 g/mol. The number of nitrogens with one attached hydrogen (secondary N) is 1. The van der Waals surface area contributed by atoms with Crippen LogP contribution < -0.4 is 5.32 Å². The van der Waals surface area contributed by atoms with Gasteiger partial charge < -0.3 is 14.5 Å². The molecule has 0 bridgehead atoms. The molecule has 0 aliphatic rings. The summed E-state index contributed by atoms with van der Waals surface area (Å²) in [5.41, 5.74) is 2.28. The minimum atomic E-state index is -0.401. The van der Waals surface area contributed by atoms with Crippen LogP contribution in [0.4, 0.5) is 5.69 Å². The number of carbonyl (C=O) groups excluding carboxylic acids is 1. The van der Waals surface area contributed by atoms with Gasteiger partial charge in [-0.15, -0.1) is 0 Å². The van der Waals surface area contributed by atoms with Crippen LogP contribution in [0.15, 0.2) is 35.1 Å². The van der Waals surface area contributed by atoms with Crippen LogP contribution in [0, 0.1) is 6.92 Å². The summed E-state index contributed by atoms with van der Waals surface area (Å²) in [6, 6.07) is 5.51. The van der Waals surface area contributed by atoms with Gasteiger partial charge in [-0.05, 0) is 25.1 Å². The first-order chi connectivity index (χ1) is 8.69. The minimum Gasteiger partial charge on any atom is -0.467 e. The first kappa shape index (κ1) is 12.2. The van der Waals surface area contributed by atoms with E-state index in [1.165, 1.54) is 13.4 Å². The van der Waals surface area contributed by atoms with Crippen molar-refractivity contribution >= 4 is 11.7 Å². The van der Waals surface area contributed by atoms with Gasteiger partial charge in [-0.2, -0.15) is 0 Å². The summed E-state index contributed by atoms with van der Waals surface area (Å²) in [7, 11) is 1.34. The number of rotatable bonds is 4. The van der Waals surface area contributed by atoms with E-state index < -0.39 is 5.97 Å². The molecule has 2 rings (SSSR count). The number of anilines is 1. The third-order valence-electron chi connectivity index (χ3n) is 2.45. The standard InChI is InChI=1S/C13H14N2O3/c1-9-3-4-11(6-14-9)15-7-12-5-10(8-18-12)13(16)17-2/h3-6,8,15H,7H2,1-2H3. The molecule has 2 aromatic rings. The van der Waals surface area contributed by atoms with E-state index in [2.05, 4.69) is 15.0 Å². The summed E-state index contributed by atoms with van der Waals surface area (Å²) in [5.74, 6) is 0.262. The highest BCUT2D eigenvalue weighted by Gasteiger charge is 2.09. The van der Waals surface area contributed by atoms with Crippen molar-refractivity contribution in [2.75, 3.05) is 12.4 Å².